The SMILES string of the molecule is CCN1CCN(S(=O)(=O)c2cccc(NC(=O)C3(c4ccc(Cl)cc4)CC3)c2)CC1. The zero-order valence-electron chi connectivity index (χ0n) is 17.0. The number of amides is 1. The van der Waals surface area contributed by atoms with E-state index < -0.39 is 15.4 Å². The number of piperazine rings is 1. The van der Waals surface area contributed by atoms with Gasteiger partial charge in [-0.25, -0.2) is 8.42 Å². The molecule has 8 heteroatoms. The summed E-state index contributed by atoms with van der Waals surface area (Å²) < 4.78 is 27.7. The van der Waals surface area contributed by atoms with Gasteiger partial charge in [0.05, 0.1) is 10.3 Å². The lowest BCUT2D eigenvalue weighted by Crippen LogP contribution is -2.48. The molecule has 1 amide bonds. The molecule has 2 aliphatic rings. The fourth-order valence-corrected chi connectivity index (χ4v) is 5.56. The first-order valence-corrected chi connectivity index (χ1v) is 12.1. The summed E-state index contributed by atoms with van der Waals surface area (Å²) in [5.41, 5.74) is 0.867. The van der Waals surface area contributed by atoms with E-state index in [1.54, 1.807) is 36.4 Å². The molecule has 0 unspecified atom stereocenters. The van der Waals surface area contributed by atoms with Crippen molar-refractivity contribution in [3.63, 3.8) is 0 Å². The van der Waals surface area contributed by atoms with Crippen LogP contribution in [0.5, 0.6) is 0 Å². The van der Waals surface area contributed by atoms with E-state index in [-0.39, 0.29) is 10.8 Å². The standard InChI is InChI=1S/C22H26ClN3O3S/c1-2-25-12-14-26(15-13-25)30(28,29)20-5-3-4-19(16-20)24-21(27)22(10-11-22)17-6-8-18(23)9-7-17/h3-9,16H,2,10-15H2,1H3,(H,24,27). The van der Waals surface area contributed by atoms with Crippen molar-refractivity contribution in [2.24, 2.45) is 0 Å². The van der Waals surface area contributed by atoms with Gasteiger partial charge < -0.3 is 10.2 Å². The number of anilines is 1. The van der Waals surface area contributed by atoms with Crippen molar-refractivity contribution in [2.75, 3.05) is 38.0 Å². The Morgan fingerprint density at radius 1 is 1.07 bits per heavy atom. The van der Waals surface area contributed by atoms with Crippen molar-refractivity contribution in [3.8, 4) is 0 Å². The number of sulfonamides is 1. The number of hydrogen-bond acceptors (Lipinski definition) is 4. The summed E-state index contributed by atoms with van der Waals surface area (Å²) in [5.74, 6) is -0.115. The Morgan fingerprint density at radius 2 is 1.73 bits per heavy atom. The van der Waals surface area contributed by atoms with Gasteiger partial charge in [0.2, 0.25) is 15.9 Å². The van der Waals surface area contributed by atoms with Gasteiger partial charge in [-0.05, 0) is 55.3 Å². The summed E-state index contributed by atoms with van der Waals surface area (Å²) >= 11 is 5.97. The summed E-state index contributed by atoms with van der Waals surface area (Å²) in [6.07, 6.45) is 1.53. The van der Waals surface area contributed by atoms with Gasteiger partial charge in [-0.3, -0.25) is 4.79 Å². The third-order valence-corrected chi connectivity index (χ3v) is 8.24. The number of nitrogens with zero attached hydrogens (tertiary/aromatic N) is 2. The average Bonchev–Trinajstić information content (AvgIpc) is 3.57. The molecule has 0 bridgehead atoms. The van der Waals surface area contributed by atoms with Crippen LogP contribution in [0.1, 0.15) is 25.3 Å². The lowest BCUT2D eigenvalue weighted by molar-refractivity contribution is -0.118. The molecule has 1 saturated carbocycles. The molecule has 2 aromatic carbocycles. The van der Waals surface area contributed by atoms with Crippen molar-refractivity contribution in [1.82, 2.24) is 9.21 Å². The van der Waals surface area contributed by atoms with Crippen molar-refractivity contribution in [2.45, 2.75) is 30.1 Å². The zero-order valence-corrected chi connectivity index (χ0v) is 18.5. The van der Waals surface area contributed by atoms with E-state index in [0.29, 0.717) is 23.8 Å². The van der Waals surface area contributed by atoms with Gasteiger partial charge in [0.15, 0.2) is 0 Å². The molecule has 0 aromatic heterocycles. The van der Waals surface area contributed by atoms with E-state index >= 15 is 0 Å². The summed E-state index contributed by atoms with van der Waals surface area (Å²) in [5, 5.41) is 3.56. The zero-order chi connectivity index (χ0) is 21.4. The number of nitrogens with one attached hydrogen (secondary N) is 1. The normalized spacial score (nSPS) is 19.4. The van der Waals surface area contributed by atoms with Crippen molar-refractivity contribution in [1.29, 1.82) is 0 Å². The number of halogens is 1. The largest absolute Gasteiger partial charge is 0.325 e. The highest BCUT2D eigenvalue weighted by Crippen LogP contribution is 2.49. The summed E-state index contributed by atoms with van der Waals surface area (Å²) in [4.78, 5) is 15.4. The second-order valence-corrected chi connectivity index (χ2v) is 10.3. The Balaban J connectivity index is 1.50. The molecule has 0 radical (unpaired) electrons. The van der Waals surface area contributed by atoms with Gasteiger partial charge in [-0.2, -0.15) is 4.31 Å². The molecule has 0 atom stereocenters. The minimum atomic E-state index is -3.59. The first-order chi connectivity index (χ1) is 14.3. The molecule has 2 fully saturated rings. The van der Waals surface area contributed by atoms with E-state index in [2.05, 4.69) is 17.1 Å². The second kappa shape index (κ2) is 8.30. The molecule has 30 heavy (non-hydrogen) atoms. The van der Waals surface area contributed by atoms with Crippen LogP contribution < -0.4 is 5.32 Å². The van der Waals surface area contributed by atoms with Gasteiger partial charge in [-0.1, -0.05) is 36.7 Å². The fourth-order valence-electron chi connectivity index (χ4n) is 3.96. The average molecular weight is 448 g/mol. The molecule has 160 valence electrons. The van der Waals surface area contributed by atoms with Crippen LogP contribution in [0.15, 0.2) is 53.4 Å². The van der Waals surface area contributed by atoms with Gasteiger partial charge in [0, 0.05) is 36.9 Å². The van der Waals surface area contributed by atoms with Crippen molar-refractivity contribution < 1.29 is 13.2 Å². The van der Waals surface area contributed by atoms with Gasteiger partial charge >= 0.3 is 0 Å². The molecule has 0 spiro atoms. The van der Waals surface area contributed by atoms with Crippen LogP contribution in [0.3, 0.4) is 0 Å². The number of carbonyl (C=O) groups excluding carboxylic acids is 1. The Bertz CT molecular complexity index is 1030. The second-order valence-electron chi connectivity index (χ2n) is 7.91. The van der Waals surface area contributed by atoms with Crippen molar-refractivity contribution in [3.05, 3.63) is 59.1 Å². The summed E-state index contributed by atoms with van der Waals surface area (Å²) in [6, 6.07) is 13.9. The smallest absolute Gasteiger partial charge is 0.243 e. The maximum Gasteiger partial charge on any atom is 0.243 e. The van der Waals surface area contributed by atoms with Gasteiger partial charge in [0.1, 0.15) is 0 Å². The van der Waals surface area contributed by atoms with Crippen LogP contribution in [0.25, 0.3) is 0 Å². The summed E-state index contributed by atoms with van der Waals surface area (Å²) in [6.45, 7) is 5.42. The first-order valence-electron chi connectivity index (χ1n) is 10.3. The molecule has 1 aliphatic heterocycles. The lowest BCUT2D eigenvalue weighted by Gasteiger charge is -2.33. The molecule has 4 rings (SSSR count). The van der Waals surface area contributed by atoms with Crippen LogP contribution >= 0.6 is 11.6 Å². The number of benzene rings is 2. The highest BCUT2D eigenvalue weighted by molar-refractivity contribution is 7.89. The topological polar surface area (TPSA) is 69.7 Å². The van der Waals surface area contributed by atoms with E-state index in [1.807, 2.05) is 12.1 Å². The molecular formula is C22H26ClN3O3S. The number of hydrogen-bond donors (Lipinski definition) is 1. The first kappa shape index (κ1) is 21.3. The number of carbonyl (C=O) groups is 1. The Labute approximate surface area is 182 Å². The van der Waals surface area contributed by atoms with E-state index in [1.165, 1.54) is 4.31 Å². The molecule has 1 saturated heterocycles. The van der Waals surface area contributed by atoms with Crippen molar-refractivity contribution >= 4 is 33.2 Å². The third kappa shape index (κ3) is 4.12. The minimum absolute atomic E-state index is 0.115. The Morgan fingerprint density at radius 3 is 2.33 bits per heavy atom. The Kier molecular flexibility index (Phi) is 5.90. The summed E-state index contributed by atoms with van der Waals surface area (Å²) in [7, 11) is -3.59. The predicted octanol–water partition coefficient (Wildman–Crippen LogP) is 3.34. The molecule has 1 N–H and O–H groups in total. The molecule has 1 aliphatic carbocycles. The highest BCUT2D eigenvalue weighted by Gasteiger charge is 2.51. The molecule has 2 aromatic rings. The van der Waals surface area contributed by atoms with E-state index in [0.717, 1.165) is 38.0 Å². The maximum atomic E-state index is 13.1. The van der Waals surface area contributed by atoms with Crippen LogP contribution in [-0.2, 0) is 20.2 Å². The molecule has 1 heterocycles. The van der Waals surface area contributed by atoms with Crippen LogP contribution in [0.2, 0.25) is 5.02 Å². The van der Waals surface area contributed by atoms with Crippen LogP contribution in [-0.4, -0.2) is 56.3 Å². The fraction of sp³-hybridized carbons (Fsp3) is 0.409. The van der Waals surface area contributed by atoms with E-state index in [9.17, 15) is 13.2 Å². The number of likely N-dealkylation sites (N-methyl/N-ethyl adjacent to an activating group) is 1. The number of rotatable bonds is 6. The quantitative estimate of drug-likeness (QED) is 0.737. The Hall–Kier alpha value is -1.93. The lowest BCUT2D eigenvalue weighted by atomic mass is 9.95. The minimum Gasteiger partial charge on any atom is -0.325 e. The van der Waals surface area contributed by atoms with Crippen LogP contribution in [0, 0.1) is 0 Å². The molecule has 6 nitrogen and oxygen atoms in total. The van der Waals surface area contributed by atoms with Gasteiger partial charge in [-0.15, -0.1) is 0 Å². The van der Waals surface area contributed by atoms with Gasteiger partial charge in [0.25, 0.3) is 0 Å². The van der Waals surface area contributed by atoms with E-state index in [4.69, 9.17) is 11.6 Å². The molecular weight excluding hydrogens is 422 g/mol. The third-order valence-electron chi connectivity index (χ3n) is 6.09. The monoisotopic (exact) mass is 447 g/mol. The maximum absolute atomic E-state index is 13.1. The predicted molar refractivity (Wildman–Crippen MR) is 118 cm³/mol. The highest BCUT2D eigenvalue weighted by atomic mass is 35.5. The van der Waals surface area contributed by atoms with Crippen LogP contribution in [0.4, 0.5) is 5.69 Å².